The highest BCUT2D eigenvalue weighted by Crippen LogP contribution is 2.57. The van der Waals surface area contributed by atoms with Crippen molar-refractivity contribution in [1.29, 1.82) is 0 Å². The van der Waals surface area contributed by atoms with Gasteiger partial charge < -0.3 is 15.2 Å². The van der Waals surface area contributed by atoms with E-state index in [1.807, 2.05) is 0 Å². The summed E-state index contributed by atoms with van der Waals surface area (Å²) >= 11 is 0. The second kappa shape index (κ2) is 8.95. The molecule has 5 rings (SSSR count). The van der Waals surface area contributed by atoms with Crippen LogP contribution in [0.4, 0.5) is 5.95 Å². The third-order valence-electron chi connectivity index (χ3n) is 6.69. The zero-order valence-corrected chi connectivity index (χ0v) is 19.9. The van der Waals surface area contributed by atoms with Crippen LogP contribution >= 0.6 is 7.75 Å². The third kappa shape index (κ3) is 4.00. The Morgan fingerprint density at radius 2 is 2.12 bits per heavy atom. The van der Waals surface area contributed by atoms with E-state index < -0.39 is 31.7 Å². The molecule has 1 saturated carbocycles. The lowest BCUT2D eigenvalue weighted by molar-refractivity contribution is -0.0589. The molecule has 4 heterocycles. The number of nitrogen functional groups attached to an aromatic ring is 1. The van der Waals surface area contributed by atoms with Crippen molar-refractivity contribution >= 4 is 24.9 Å². The van der Waals surface area contributed by atoms with Crippen molar-refractivity contribution in [3.63, 3.8) is 0 Å². The molecule has 5 atom stereocenters. The molecule has 14 nitrogen and oxygen atoms in total. The number of nitrogens with zero attached hydrogens (tertiary/aromatic N) is 7. The van der Waals surface area contributed by atoms with Crippen molar-refractivity contribution in [1.82, 2.24) is 24.6 Å². The number of aromatic nitrogens is 4. The first-order valence-corrected chi connectivity index (χ1v) is 12.9. The molecule has 2 unspecified atom stereocenters. The fourth-order valence-corrected chi connectivity index (χ4v) is 6.91. The highest BCUT2D eigenvalue weighted by Gasteiger charge is 2.60. The minimum Gasteiger partial charge on any atom is -0.479 e. The van der Waals surface area contributed by atoms with Crippen molar-refractivity contribution in [2.75, 3.05) is 19.5 Å². The summed E-state index contributed by atoms with van der Waals surface area (Å²) in [5.74, 6) is 0.197. The van der Waals surface area contributed by atoms with Crippen molar-refractivity contribution < 1.29 is 23.1 Å². The summed E-state index contributed by atoms with van der Waals surface area (Å²) in [6, 6.07) is 0.0402. The van der Waals surface area contributed by atoms with Gasteiger partial charge in [0.1, 0.15) is 17.7 Å². The number of imidazole rings is 1. The molecule has 0 spiro atoms. The molecule has 3 N–H and O–H groups in total. The second-order valence-electron chi connectivity index (χ2n) is 8.99. The standard InChI is InChI=1S/C19H28N9O5P/c1-19(26-27-21)14-12(9-31-34(29,33-14)25-11-7-5-3-4-6-8-11)32-17(19)28-10-22-13-15(28)23-18(20)24-16(13)30-2/h10-12,14,17H,3-9H2,1-2H3,(H,25,29)(H2,20,23,24)/t12-,14-,17?,19-,34?/m1/s1. The molecule has 0 bridgehead atoms. The number of hydrogen-bond acceptors (Lipinski definition) is 10. The average molecular weight is 493 g/mol. The summed E-state index contributed by atoms with van der Waals surface area (Å²) in [5.41, 5.74) is 14.7. The smallest absolute Gasteiger partial charge is 0.406 e. The van der Waals surface area contributed by atoms with Gasteiger partial charge in [0.15, 0.2) is 17.4 Å². The van der Waals surface area contributed by atoms with Crippen LogP contribution in [0.1, 0.15) is 51.7 Å². The molecule has 1 aliphatic carbocycles. The van der Waals surface area contributed by atoms with E-state index in [2.05, 4.69) is 30.1 Å². The highest BCUT2D eigenvalue weighted by atomic mass is 31.2. The Morgan fingerprint density at radius 3 is 2.82 bits per heavy atom. The predicted octanol–water partition coefficient (Wildman–Crippen LogP) is 3.22. The van der Waals surface area contributed by atoms with Crippen molar-refractivity contribution in [3.05, 3.63) is 16.8 Å². The van der Waals surface area contributed by atoms with Gasteiger partial charge in [-0.15, -0.1) is 0 Å². The summed E-state index contributed by atoms with van der Waals surface area (Å²) in [7, 11) is -2.20. The lowest BCUT2D eigenvalue weighted by Crippen LogP contribution is -2.48. The summed E-state index contributed by atoms with van der Waals surface area (Å²) in [6.07, 6.45) is 5.41. The second-order valence-corrected chi connectivity index (χ2v) is 10.7. The molecule has 0 amide bonds. The molecular formula is C19H28N9O5P. The number of hydrogen-bond donors (Lipinski definition) is 2. The molecule has 2 aromatic heterocycles. The first kappa shape index (κ1) is 23.3. The van der Waals surface area contributed by atoms with E-state index in [9.17, 15) is 10.1 Å². The number of ether oxygens (including phenoxy) is 2. The monoisotopic (exact) mass is 493 g/mol. The maximum Gasteiger partial charge on any atom is 0.406 e. The van der Waals surface area contributed by atoms with E-state index in [0.29, 0.717) is 11.2 Å². The molecule has 15 heteroatoms. The topological polar surface area (TPSA) is 184 Å². The number of azide groups is 1. The van der Waals surface area contributed by atoms with Gasteiger partial charge in [-0.3, -0.25) is 13.6 Å². The zero-order chi connectivity index (χ0) is 23.9. The molecule has 0 radical (unpaired) electrons. The number of nitrogens with two attached hydrogens (primary N) is 1. The molecule has 3 aliphatic rings. The average Bonchev–Trinajstić information content (AvgIpc) is 3.21. The van der Waals surface area contributed by atoms with Gasteiger partial charge in [-0.2, -0.15) is 9.97 Å². The van der Waals surface area contributed by atoms with Crippen LogP contribution < -0.4 is 15.6 Å². The molecular weight excluding hydrogens is 465 g/mol. The quantitative estimate of drug-likeness (QED) is 0.206. The Hall–Kier alpha value is -2.47. The molecule has 34 heavy (non-hydrogen) atoms. The number of nitrogens with one attached hydrogen (secondary N) is 1. The van der Waals surface area contributed by atoms with Gasteiger partial charge in [-0.25, -0.2) is 14.6 Å². The van der Waals surface area contributed by atoms with Gasteiger partial charge in [0.05, 0.1) is 20.0 Å². The summed E-state index contributed by atoms with van der Waals surface area (Å²) in [4.78, 5) is 15.7. The molecule has 3 fully saturated rings. The molecule has 2 aliphatic heterocycles. The first-order chi connectivity index (χ1) is 16.4. The van der Waals surface area contributed by atoms with Gasteiger partial charge in [-0.05, 0) is 25.3 Å². The van der Waals surface area contributed by atoms with Crippen LogP contribution in [0.3, 0.4) is 0 Å². The lowest BCUT2D eigenvalue weighted by atomic mass is 9.93. The largest absolute Gasteiger partial charge is 0.479 e. The predicted molar refractivity (Wildman–Crippen MR) is 121 cm³/mol. The summed E-state index contributed by atoms with van der Waals surface area (Å²) < 4.78 is 38.4. The van der Waals surface area contributed by atoms with Crippen LogP contribution in [0, 0.1) is 0 Å². The Labute approximate surface area is 195 Å². The minimum atomic E-state index is -3.65. The fourth-order valence-electron chi connectivity index (χ4n) is 5.01. The van der Waals surface area contributed by atoms with Crippen molar-refractivity contribution in [2.45, 2.75) is 75.5 Å². The zero-order valence-electron chi connectivity index (χ0n) is 19.0. The number of methoxy groups -OCH3 is 1. The lowest BCUT2D eigenvalue weighted by Gasteiger charge is -2.37. The SMILES string of the molecule is COc1nc(N)nc2c1ncn2C1O[C@@H]2COP(=O)(NC3CCCCCC3)O[C@H]2[C@@]1(C)N=[N+]=[N-]. The van der Waals surface area contributed by atoms with Gasteiger partial charge in [0, 0.05) is 11.0 Å². The molecule has 2 saturated heterocycles. The van der Waals surface area contributed by atoms with Crippen molar-refractivity contribution in [2.24, 2.45) is 5.11 Å². The van der Waals surface area contributed by atoms with E-state index in [1.165, 1.54) is 13.4 Å². The minimum absolute atomic E-state index is 0.0105. The van der Waals surface area contributed by atoms with Crippen LogP contribution in [0.15, 0.2) is 11.4 Å². The molecule has 2 aromatic rings. The van der Waals surface area contributed by atoms with Gasteiger partial charge in [-0.1, -0.05) is 30.8 Å². The van der Waals surface area contributed by atoms with Gasteiger partial charge in [0.2, 0.25) is 11.8 Å². The summed E-state index contributed by atoms with van der Waals surface area (Å²) in [5, 5.41) is 7.16. The Bertz CT molecular complexity index is 1160. The number of anilines is 1. The maximum absolute atomic E-state index is 13.6. The Balaban J connectivity index is 1.47. The van der Waals surface area contributed by atoms with E-state index in [1.54, 1.807) is 11.5 Å². The maximum atomic E-state index is 13.6. The van der Waals surface area contributed by atoms with E-state index in [-0.39, 0.29) is 24.5 Å². The van der Waals surface area contributed by atoms with Gasteiger partial charge >= 0.3 is 7.75 Å². The Morgan fingerprint density at radius 1 is 1.35 bits per heavy atom. The summed E-state index contributed by atoms with van der Waals surface area (Å²) in [6.45, 7) is 1.71. The Kier molecular flexibility index (Phi) is 6.13. The highest BCUT2D eigenvalue weighted by molar-refractivity contribution is 7.51. The van der Waals surface area contributed by atoms with E-state index in [0.717, 1.165) is 38.5 Å². The van der Waals surface area contributed by atoms with Crippen LogP contribution in [0.2, 0.25) is 0 Å². The van der Waals surface area contributed by atoms with Crippen LogP contribution in [-0.4, -0.2) is 57.0 Å². The van der Waals surface area contributed by atoms with Crippen LogP contribution in [0.5, 0.6) is 5.88 Å². The van der Waals surface area contributed by atoms with E-state index in [4.69, 9.17) is 24.3 Å². The number of fused-ring (bicyclic) bond motifs is 2. The van der Waals surface area contributed by atoms with Gasteiger partial charge in [0.25, 0.3) is 0 Å². The number of rotatable bonds is 5. The molecule has 184 valence electrons. The van der Waals surface area contributed by atoms with Crippen molar-refractivity contribution in [3.8, 4) is 5.88 Å². The third-order valence-corrected chi connectivity index (χ3v) is 8.36. The first-order valence-electron chi connectivity index (χ1n) is 11.3. The van der Waals surface area contributed by atoms with Crippen LogP contribution in [0.25, 0.3) is 21.6 Å². The van der Waals surface area contributed by atoms with E-state index >= 15 is 0 Å². The molecule has 0 aromatic carbocycles. The fraction of sp³-hybridized carbons (Fsp3) is 0.737. The normalized spacial score (nSPS) is 34.4. The van der Waals surface area contributed by atoms with Crippen LogP contribution in [-0.2, 0) is 18.3 Å².